The zero-order valence-corrected chi connectivity index (χ0v) is 19.1. The van der Waals surface area contributed by atoms with Crippen LogP contribution in [-0.4, -0.2) is 67.0 Å². The Hall–Kier alpha value is -2.15. The highest BCUT2D eigenvalue weighted by Crippen LogP contribution is 2.31. The van der Waals surface area contributed by atoms with Gasteiger partial charge in [0.25, 0.3) is 0 Å². The van der Waals surface area contributed by atoms with Crippen molar-refractivity contribution in [3.8, 4) is 0 Å². The fourth-order valence-electron chi connectivity index (χ4n) is 3.02. The van der Waals surface area contributed by atoms with Gasteiger partial charge in [-0.15, -0.1) is 0 Å². The molecule has 1 atom stereocenters. The molecule has 1 aromatic heterocycles. The number of pyridine rings is 1. The van der Waals surface area contributed by atoms with Gasteiger partial charge in [0.1, 0.15) is 4.90 Å². The average molecular weight is 489 g/mol. The standard InChI is InChI=1S/C20H23F3N4O3S2/c1-14(19(28)25-16-5-3-4-15(12-16)20(21,22)23)31-18-7-6-17(13-24-18)32(29,30)27-10-8-26(2)9-11-27/h3-7,12-14H,8-11H2,1-2H3,(H,25,28). The first-order valence-electron chi connectivity index (χ1n) is 9.76. The van der Waals surface area contributed by atoms with E-state index in [9.17, 15) is 26.4 Å². The molecule has 7 nitrogen and oxygen atoms in total. The summed E-state index contributed by atoms with van der Waals surface area (Å²) in [5.41, 5.74) is -0.812. The molecule has 1 saturated heterocycles. The minimum Gasteiger partial charge on any atom is -0.325 e. The summed E-state index contributed by atoms with van der Waals surface area (Å²) in [4.78, 5) is 18.7. The lowest BCUT2D eigenvalue weighted by Gasteiger charge is -2.31. The first kappa shape index (κ1) is 24.5. The van der Waals surface area contributed by atoms with Crippen LogP contribution < -0.4 is 5.32 Å². The largest absolute Gasteiger partial charge is 0.416 e. The van der Waals surface area contributed by atoms with Crippen LogP contribution in [-0.2, 0) is 21.0 Å². The predicted octanol–water partition coefficient (Wildman–Crippen LogP) is 3.16. The minimum atomic E-state index is -4.50. The van der Waals surface area contributed by atoms with E-state index in [4.69, 9.17) is 0 Å². The number of hydrogen-bond donors (Lipinski definition) is 1. The van der Waals surface area contributed by atoms with Gasteiger partial charge in [-0.2, -0.15) is 17.5 Å². The Morgan fingerprint density at radius 2 is 1.84 bits per heavy atom. The maximum Gasteiger partial charge on any atom is 0.416 e. The lowest BCUT2D eigenvalue weighted by Crippen LogP contribution is -2.47. The van der Waals surface area contributed by atoms with Crippen LogP contribution >= 0.6 is 11.8 Å². The Morgan fingerprint density at radius 1 is 1.16 bits per heavy atom. The van der Waals surface area contributed by atoms with E-state index in [1.165, 1.54) is 34.8 Å². The van der Waals surface area contributed by atoms with Crippen LogP contribution in [0.25, 0.3) is 0 Å². The summed E-state index contributed by atoms with van der Waals surface area (Å²) in [6, 6.07) is 7.35. The Balaban J connectivity index is 1.62. The minimum absolute atomic E-state index is 0.0406. The number of aromatic nitrogens is 1. The van der Waals surface area contributed by atoms with E-state index in [0.29, 0.717) is 31.2 Å². The molecule has 1 aromatic carbocycles. The van der Waals surface area contributed by atoms with Crippen LogP contribution in [0, 0.1) is 0 Å². The number of carbonyl (C=O) groups excluding carboxylic acids is 1. The molecule has 1 fully saturated rings. The van der Waals surface area contributed by atoms with E-state index in [2.05, 4.69) is 15.2 Å². The lowest BCUT2D eigenvalue weighted by atomic mass is 10.2. The summed E-state index contributed by atoms with van der Waals surface area (Å²) in [5.74, 6) is -0.495. The van der Waals surface area contributed by atoms with Gasteiger partial charge in [-0.05, 0) is 44.3 Å². The van der Waals surface area contributed by atoms with Crippen LogP contribution in [0.3, 0.4) is 0 Å². The number of nitrogens with zero attached hydrogens (tertiary/aromatic N) is 3. The summed E-state index contributed by atoms with van der Waals surface area (Å²) in [5, 5.41) is 2.22. The van der Waals surface area contributed by atoms with E-state index in [0.717, 1.165) is 23.9 Å². The number of halogens is 3. The molecule has 2 aromatic rings. The predicted molar refractivity (Wildman–Crippen MR) is 116 cm³/mol. The van der Waals surface area contributed by atoms with Crippen molar-refractivity contribution in [1.82, 2.24) is 14.2 Å². The number of nitrogens with one attached hydrogen (secondary N) is 1. The van der Waals surface area contributed by atoms with Crippen molar-refractivity contribution < 1.29 is 26.4 Å². The Labute approximate surface area is 189 Å². The molecule has 1 N–H and O–H groups in total. The lowest BCUT2D eigenvalue weighted by molar-refractivity contribution is -0.137. The van der Waals surface area contributed by atoms with Gasteiger partial charge < -0.3 is 10.2 Å². The second kappa shape index (κ2) is 9.77. The van der Waals surface area contributed by atoms with E-state index < -0.39 is 32.9 Å². The molecule has 0 radical (unpaired) electrons. The molecule has 2 heterocycles. The molecular formula is C20H23F3N4O3S2. The number of piperazine rings is 1. The summed E-state index contributed by atoms with van der Waals surface area (Å²) in [7, 11) is -1.71. The van der Waals surface area contributed by atoms with Gasteiger partial charge in [0, 0.05) is 38.1 Å². The third-order valence-electron chi connectivity index (χ3n) is 4.93. The summed E-state index contributed by atoms with van der Waals surface area (Å²) in [6.07, 6.45) is -3.25. The number of thioether (sulfide) groups is 1. The molecule has 174 valence electrons. The molecule has 0 bridgehead atoms. The highest BCUT2D eigenvalue weighted by atomic mass is 32.2. The molecule has 1 aliphatic rings. The normalized spacial score (nSPS) is 17.2. The second-order valence-corrected chi connectivity index (χ2v) is 10.7. The van der Waals surface area contributed by atoms with Crippen molar-refractivity contribution in [3.05, 3.63) is 48.2 Å². The molecule has 3 rings (SSSR count). The van der Waals surface area contributed by atoms with E-state index in [-0.39, 0.29) is 10.6 Å². The maximum atomic E-state index is 12.8. The molecule has 1 amide bonds. The fraction of sp³-hybridized carbons (Fsp3) is 0.400. The molecule has 0 aliphatic carbocycles. The zero-order valence-electron chi connectivity index (χ0n) is 17.5. The first-order chi connectivity index (χ1) is 15.0. The fourth-order valence-corrected chi connectivity index (χ4v) is 5.17. The van der Waals surface area contributed by atoms with Crippen LogP contribution in [0.15, 0.2) is 52.5 Å². The molecule has 0 saturated carbocycles. The smallest absolute Gasteiger partial charge is 0.325 e. The number of sulfonamides is 1. The number of carbonyl (C=O) groups is 1. The number of rotatable bonds is 6. The van der Waals surface area contributed by atoms with Crippen molar-refractivity contribution in [2.45, 2.75) is 28.3 Å². The van der Waals surface area contributed by atoms with Gasteiger partial charge in [0.15, 0.2) is 0 Å². The second-order valence-electron chi connectivity index (χ2n) is 7.37. The third kappa shape index (κ3) is 6.00. The van der Waals surface area contributed by atoms with E-state index in [1.54, 1.807) is 6.92 Å². The van der Waals surface area contributed by atoms with Crippen LogP contribution in [0.4, 0.5) is 18.9 Å². The molecular weight excluding hydrogens is 465 g/mol. The average Bonchev–Trinajstić information content (AvgIpc) is 2.74. The first-order valence-corrected chi connectivity index (χ1v) is 12.1. The Morgan fingerprint density at radius 3 is 2.44 bits per heavy atom. The quantitative estimate of drug-likeness (QED) is 0.629. The van der Waals surface area contributed by atoms with Crippen LogP contribution in [0.2, 0.25) is 0 Å². The molecule has 1 aliphatic heterocycles. The van der Waals surface area contributed by atoms with Crippen LogP contribution in [0.5, 0.6) is 0 Å². The monoisotopic (exact) mass is 488 g/mol. The maximum absolute atomic E-state index is 12.8. The SMILES string of the molecule is CC(Sc1ccc(S(=O)(=O)N2CCN(C)CC2)cn1)C(=O)Nc1cccc(C(F)(F)F)c1. The van der Waals surface area contributed by atoms with Gasteiger partial charge in [0.05, 0.1) is 15.8 Å². The van der Waals surface area contributed by atoms with Crippen molar-refractivity contribution in [2.24, 2.45) is 0 Å². The number of anilines is 1. The number of likely N-dealkylation sites (N-methyl/N-ethyl adjacent to an activating group) is 1. The number of benzene rings is 1. The molecule has 32 heavy (non-hydrogen) atoms. The topological polar surface area (TPSA) is 82.6 Å². The zero-order chi connectivity index (χ0) is 23.5. The Kier molecular flexibility index (Phi) is 7.48. The highest BCUT2D eigenvalue weighted by Gasteiger charge is 2.31. The van der Waals surface area contributed by atoms with Crippen molar-refractivity contribution in [2.75, 3.05) is 38.5 Å². The number of alkyl halides is 3. The van der Waals surface area contributed by atoms with Crippen molar-refractivity contribution >= 4 is 33.4 Å². The highest BCUT2D eigenvalue weighted by molar-refractivity contribution is 8.00. The van der Waals surface area contributed by atoms with Gasteiger partial charge in [0.2, 0.25) is 15.9 Å². The molecule has 12 heteroatoms. The van der Waals surface area contributed by atoms with Crippen molar-refractivity contribution in [1.29, 1.82) is 0 Å². The molecule has 0 spiro atoms. The number of hydrogen-bond acceptors (Lipinski definition) is 6. The van der Waals surface area contributed by atoms with E-state index in [1.807, 2.05) is 7.05 Å². The van der Waals surface area contributed by atoms with E-state index >= 15 is 0 Å². The Bertz CT molecular complexity index is 1050. The van der Waals surface area contributed by atoms with Gasteiger partial charge >= 0.3 is 6.18 Å². The van der Waals surface area contributed by atoms with Crippen LogP contribution in [0.1, 0.15) is 12.5 Å². The summed E-state index contributed by atoms with van der Waals surface area (Å²) >= 11 is 1.08. The number of amides is 1. The van der Waals surface area contributed by atoms with Gasteiger partial charge in [-0.3, -0.25) is 4.79 Å². The van der Waals surface area contributed by atoms with Gasteiger partial charge in [-0.1, -0.05) is 17.8 Å². The third-order valence-corrected chi connectivity index (χ3v) is 7.87. The van der Waals surface area contributed by atoms with Crippen molar-refractivity contribution in [3.63, 3.8) is 0 Å². The molecule has 1 unspecified atom stereocenters. The summed E-state index contributed by atoms with van der Waals surface area (Å²) < 4.78 is 65.4. The van der Waals surface area contributed by atoms with Gasteiger partial charge in [-0.25, -0.2) is 13.4 Å². The summed E-state index contributed by atoms with van der Waals surface area (Å²) in [6.45, 7) is 3.70.